The first-order valence-electron chi connectivity index (χ1n) is 5.68. The van der Waals surface area contributed by atoms with Gasteiger partial charge in [-0.05, 0) is 42.5 Å². The van der Waals surface area contributed by atoms with Gasteiger partial charge in [0.25, 0.3) is 0 Å². The molecule has 4 heteroatoms. The van der Waals surface area contributed by atoms with E-state index in [4.69, 9.17) is 21.1 Å². The van der Waals surface area contributed by atoms with Gasteiger partial charge in [0.05, 0.1) is 19.2 Å². The molecule has 0 amide bonds. The van der Waals surface area contributed by atoms with Crippen LogP contribution in [0, 0.1) is 0 Å². The van der Waals surface area contributed by atoms with E-state index >= 15 is 0 Å². The van der Waals surface area contributed by atoms with Gasteiger partial charge < -0.3 is 9.47 Å². The zero-order chi connectivity index (χ0) is 13.8. The van der Waals surface area contributed by atoms with Crippen LogP contribution in [0.4, 0.5) is 0 Å². The van der Waals surface area contributed by atoms with Gasteiger partial charge in [-0.2, -0.15) is 0 Å². The molecule has 0 saturated heterocycles. The van der Waals surface area contributed by atoms with Gasteiger partial charge in [0, 0.05) is 11.1 Å². The van der Waals surface area contributed by atoms with Crippen molar-refractivity contribution in [2.45, 2.75) is 0 Å². The SMILES string of the molecule is COc1ccc(C(=O)c2ccc(Cl)c(OC)c2)cc1. The minimum atomic E-state index is -0.0855. The lowest BCUT2D eigenvalue weighted by molar-refractivity contribution is 0.103. The number of methoxy groups -OCH3 is 2. The van der Waals surface area contributed by atoms with Gasteiger partial charge >= 0.3 is 0 Å². The molecule has 0 aromatic heterocycles. The second-order valence-electron chi connectivity index (χ2n) is 3.91. The summed E-state index contributed by atoms with van der Waals surface area (Å²) >= 11 is 5.93. The maximum atomic E-state index is 12.3. The lowest BCUT2D eigenvalue weighted by atomic mass is 10.0. The van der Waals surface area contributed by atoms with E-state index in [-0.39, 0.29) is 5.78 Å². The van der Waals surface area contributed by atoms with Crippen molar-refractivity contribution in [3.8, 4) is 11.5 Å². The van der Waals surface area contributed by atoms with Crippen molar-refractivity contribution in [1.82, 2.24) is 0 Å². The molecule has 0 saturated carbocycles. The van der Waals surface area contributed by atoms with E-state index < -0.39 is 0 Å². The van der Waals surface area contributed by atoms with E-state index in [9.17, 15) is 4.79 Å². The first-order valence-corrected chi connectivity index (χ1v) is 6.06. The zero-order valence-electron chi connectivity index (χ0n) is 10.6. The van der Waals surface area contributed by atoms with Crippen molar-refractivity contribution in [3.63, 3.8) is 0 Å². The van der Waals surface area contributed by atoms with Gasteiger partial charge in [-0.3, -0.25) is 4.79 Å². The van der Waals surface area contributed by atoms with Crippen molar-refractivity contribution >= 4 is 17.4 Å². The Kier molecular flexibility index (Phi) is 4.07. The molecule has 0 aliphatic carbocycles. The Morgan fingerprint density at radius 3 is 2.16 bits per heavy atom. The Morgan fingerprint density at radius 2 is 1.58 bits per heavy atom. The molecule has 0 unspecified atom stereocenters. The van der Waals surface area contributed by atoms with E-state index in [1.165, 1.54) is 7.11 Å². The largest absolute Gasteiger partial charge is 0.497 e. The molecular weight excluding hydrogens is 264 g/mol. The summed E-state index contributed by atoms with van der Waals surface area (Å²) in [6, 6.07) is 11.9. The average Bonchev–Trinajstić information content (AvgIpc) is 2.47. The molecule has 0 bridgehead atoms. The number of rotatable bonds is 4. The molecular formula is C15H13ClO3. The van der Waals surface area contributed by atoms with Crippen molar-refractivity contribution in [2.75, 3.05) is 14.2 Å². The fourth-order valence-corrected chi connectivity index (χ4v) is 1.90. The number of hydrogen-bond acceptors (Lipinski definition) is 3. The molecule has 2 aromatic carbocycles. The third-order valence-electron chi connectivity index (χ3n) is 2.77. The van der Waals surface area contributed by atoms with E-state index in [1.807, 2.05) is 0 Å². The summed E-state index contributed by atoms with van der Waals surface area (Å²) < 4.78 is 10.2. The Morgan fingerprint density at radius 1 is 0.947 bits per heavy atom. The van der Waals surface area contributed by atoms with Gasteiger partial charge in [-0.15, -0.1) is 0 Å². The Balaban J connectivity index is 2.32. The fourth-order valence-electron chi connectivity index (χ4n) is 1.71. The molecule has 3 nitrogen and oxygen atoms in total. The number of hydrogen-bond donors (Lipinski definition) is 0. The van der Waals surface area contributed by atoms with Crippen LogP contribution in [0.1, 0.15) is 15.9 Å². The van der Waals surface area contributed by atoms with Crippen LogP contribution in [0.25, 0.3) is 0 Å². The lowest BCUT2D eigenvalue weighted by Crippen LogP contribution is -2.01. The molecule has 0 spiro atoms. The second kappa shape index (κ2) is 5.76. The van der Waals surface area contributed by atoms with E-state index in [2.05, 4.69) is 0 Å². The minimum Gasteiger partial charge on any atom is -0.497 e. The number of benzene rings is 2. The van der Waals surface area contributed by atoms with Gasteiger partial charge in [-0.25, -0.2) is 0 Å². The highest BCUT2D eigenvalue weighted by Crippen LogP contribution is 2.26. The molecule has 19 heavy (non-hydrogen) atoms. The van der Waals surface area contributed by atoms with Crippen LogP contribution in [0.5, 0.6) is 11.5 Å². The summed E-state index contributed by atoms with van der Waals surface area (Å²) in [6.07, 6.45) is 0. The Hall–Kier alpha value is -2.00. The molecule has 0 heterocycles. The van der Waals surface area contributed by atoms with Crippen molar-refractivity contribution in [2.24, 2.45) is 0 Å². The number of ketones is 1. The van der Waals surface area contributed by atoms with E-state index in [0.717, 1.165) is 0 Å². The maximum absolute atomic E-state index is 12.3. The summed E-state index contributed by atoms with van der Waals surface area (Å²) in [5.74, 6) is 1.11. The third-order valence-corrected chi connectivity index (χ3v) is 3.08. The first kappa shape index (κ1) is 13.4. The van der Waals surface area contributed by atoms with Crippen LogP contribution < -0.4 is 9.47 Å². The lowest BCUT2D eigenvalue weighted by Gasteiger charge is -2.06. The number of halogens is 1. The number of carbonyl (C=O) groups is 1. The maximum Gasteiger partial charge on any atom is 0.193 e. The van der Waals surface area contributed by atoms with Crippen LogP contribution in [0.15, 0.2) is 42.5 Å². The van der Waals surface area contributed by atoms with Crippen LogP contribution in [-0.4, -0.2) is 20.0 Å². The molecule has 2 aromatic rings. The van der Waals surface area contributed by atoms with Gasteiger partial charge in [0.2, 0.25) is 0 Å². The number of carbonyl (C=O) groups excluding carboxylic acids is 1. The van der Waals surface area contributed by atoms with Crippen molar-refractivity contribution in [1.29, 1.82) is 0 Å². The van der Waals surface area contributed by atoms with Crippen LogP contribution in [0.2, 0.25) is 5.02 Å². The molecule has 0 aliphatic heterocycles. The average molecular weight is 277 g/mol. The highest BCUT2D eigenvalue weighted by atomic mass is 35.5. The fraction of sp³-hybridized carbons (Fsp3) is 0.133. The first-order chi connectivity index (χ1) is 9.15. The number of ether oxygens (including phenoxy) is 2. The molecule has 98 valence electrons. The Labute approximate surface area is 116 Å². The zero-order valence-corrected chi connectivity index (χ0v) is 11.4. The quantitative estimate of drug-likeness (QED) is 0.801. The molecule has 0 N–H and O–H groups in total. The van der Waals surface area contributed by atoms with Crippen molar-refractivity contribution in [3.05, 3.63) is 58.6 Å². The summed E-state index contributed by atoms with van der Waals surface area (Å²) in [7, 11) is 3.10. The summed E-state index contributed by atoms with van der Waals surface area (Å²) in [6.45, 7) is 0. The van der Waals surface area contributed by atoms with Crippen LogP contribution in [-0.2, 0) is 0 Å². The summed E-state index contributed by atoms with van der Waals surface area (Å²) in [4.78, 5) is 12.3. The molecule has 0 fully saturated rings. The van der Waals surface area contributed by atoms with Gasteiger partial charge in [0.15, 0.2) is 5.78 Å². The highest BCUT2D eigenvalue weighted by molar-refractivity contribution is 6.32. The topological polar surface area (TPSA) is 35.5 Å². The minimum absolute atomic E-state index is 0.0855. The van der Waals surface area contributed by atoms with E-state index in [1.54, 1.807) is 49.6 Å². The molecule has 0 aliphatic rings. The van der Waals surface area contributed by atoms with Crippen LogP contribution >= 0.6 is 11.6 Å². The molecule has 0 atom stereocenters. The predicted molar refractivity (Wildman–Crippen MR) is 74.4 cm³/mol. The Bertz CT molecular complexity index is 591. The van der Waals surface area contributed by atoms with Gasteiger partial charge in [0.1, 0.15) is 11.5 Å². The van der Waals surface area contributed by atoms with Crippen molar-refractivity contribution < 1.29 is 14.3 Å². The molecule has 2 rings (SSSR count). The molecule has 0 radical (unpaired) electrons. The normalized spacial score (nSPS) is 10.1. The monoisotopic (exact) mass is 276 g/mol. The summed E-state index contributed by atoms with van der Waals surface area (Å²) in [5.41, 5.74) is 1.12. The van der Waals surface area contributed by atoms with Crippen LogP contribution in [0.3, 0.4) is 0 Å². The predicted octanol–water partition coefficient (Wildman–Crippen LogP) is 3.59. The third kappa shape index (κ3) is 2.88. The van der Waals surface area contributed by atoms with Gasteiger partial charge in [-0.1, -0.05) is 11.6 Å². The van der Waals surface area contributed by atoms with E-state index in [0.29, 0.717) is 27.6 Å². The smallest absolute Gasteiger partial charge is 0.193 e. The second-order valence-corrected chi connectivity index (χ2v) is 4.31. The summed E-state index contributed by atoms with van der Waals surface area (Å²) in [5, 5.41) is 0.480. The standard InChI is InChI=1S/C15H13ClO3/c1-18-12-6-3-10(4-7-12)15(17)11-5-8-13(16)14(9-11)19-2/h3-9H,1-2H3. The highest BCUT2D eigenvalue weighted by Gasteiger charge is 2.11.